The number of halogens is 1. The van der Waals surface area contributed by atoms with E-state index in [9.17, 15) is 0 Å². The van der Waals surface area contributed by atoms with Crippen LogP contribution in [0, 0.1) is 17.3 Å². The molecule has 3 rings (SSSR count). The first kappa shape index (κ1) is 23.3. The Morgan fingerprint density at radius 3 is 2.31 bits per heavy atom. The topological polar surface area (TPSA) is 38.5 Å². The third-order valence-electron chi connectivity index (χ3n) is 6.87. The lowest BCUT2D eigenvalue weighted by Crippen LogP contribution is -2.48. The van der Waals surface area contributed by atoms with Crippen LogP contribution in [0.2, 0.25) is 18.1 Å². The monoisotopic (exact) mass is 436 g/mol. The number of likely N-dealkylation sites (tertiary alicyclic amines) is 1. The third-order valence-corrected chi connectivity index (χ3v) is 7.96. The van der Waals surface area contributed by atoms with Crippen LogP contribution in [0.1, 0.15) is 52.0 Å². The van der Waals surface area contributed by atoms with Crippen LogP contribution in [-0.4, -0.2) is 45.2 Å². The molecule has 1 aromatic carbocycles. The Labute approximate surface area is 185 Å². The van der Waals surface area contributed by atoms with Gasteiger partial charge in [0.15, 0.2) is 9.04 Å². The summed E-state index contributed by atoms with van der Waals surface area (Å²) >= 11 is 6.02. The van der Waals surface area contributed by atoms with E-state index in [-0.39, 0.29) is 11.5 Å². The molecule has 2 fully saturated rings. The van der Waals surface area contributed by atoms with Crippen LogP contribution < -0.4 is 5.73 Å². The van der Waals surface area contributed by atoms with Gasteiger partial charge in [-0.25, -0.2) is 0 Å². The molecular weight excluding hydrogens is 396 g/mol. The molecule has 3 nitrogen and oxygen atoms in total. The quantitative estimate of drug-likeness (QED) is 0.629. The van der Waals surface area contributed by atoms with Crippen molar-refractivity contribution >= 4 is 20.6 Å². The van der Waals surface area contributed by atoms with E-state index in [1.165, 1.54) is 44.3 Å². The van der Waals surface area contributed by atoms with Crippen LogP contribution >= 0.6 is 11.6 Å². The molecule has 5 heteroatoms. The Bertz CT molecular complexity index is 637. The average Bonchev–Trinajstić information content (AvgIpc) is 3.02. The first-order chi connectivity index (χ1) is 13.6. The van der Waals surface area contributed by atoms with Crippen molar-refractivity contribution in [2.24, 2.45) is 23.0 Å². The molecule has 0 bridgehead atoms. The van der Waals surface area contributed by atoms with E-state index in [1.54, 1.807) is 0 Å². The molecule has 1 aliphatic heterocycles. The molecular formula is C24H41ClN2OSi. The predicted molar refractivity (Wildman–Crippen MR) is 127 cm³/mol. The fourth-order valence-electron chi connectivity index (χ4n) is 5.51. The predicted octanol–water partition coefficient (Wildman–Crippen LogP) is 5.12. The zero-order chi connectivity index (χ0) is 21.2. The summed E-state index contributed by atoms with van der Waals surface area (Å²) in [5.41, 5.74) is 8.28. The highest BCUT2D eigenvalue weighted by Crippen LogP contribution is 2.40. The van der Waals surface area contributed by atoms with Crippen LogP contribution in [0.25, 0.3) is 0 Å². The van der Waals surface area contributed by atoms with E-state index in [2.05, 4.69) is 50.9 Å². The zero-order valence-corrected chi connectivity index (χ0v) is 20.9. The molecule has 2 N–H and O–H groups in total. The highest BCUT2D eigenvalue weighted by molar-refractivity contribution is 6.48. The minimum Gasteiger partial charge on any atom is -0.417 e. The largest absolute Gasteiger partial charge is 0.417 e. The Kier molecular flexibility index (Phi) is 7.88. The van der Waals surface area contributed by atoms with Crippen molar-refractivity contribution in [3.05, 3.63) is 34.9 Å². The Hall–Kier alpha value is -0.393. The van der Waals surface area contributed by atoms with Crippen LogP contribution in [0.3, 0.4) is 0 Å². The Morgan fingerprint density at radius 1 is 1.14 bits per heavy atom. The second-order valence-corrected chi connectivity index (χ2v) is 13.6. The minimum absolute atomic E-state index is 0.183. The van der Waals surface area contributed by atoms with E-state index in [4.69, 9.17) is 21.8 Å². The number of nitrogens with zero attached hydrogens (tertiary/aromatic N) is 1. The van der Waals surface area contributed by atoms with E-state index >= 15 is 0 Å². The van der Waals surface area contributed by atoms with Gasteiger partial charge in [-0.05, 0) is 93.2 Å². The van der Waals surface area contributed by atoms with Gasteiger partial charge in [0, 0.05) is 17.1 Å². The zero-order valence-electron chi connectivity index (χ0n) is 19.0. The summed E-state index contributed by atoms with van der Waals surface area (Å²) in [4.78, 5) is 2.69. The van der Waals surface area contributed by atoms with Crippen molar-refractivity contribution in [1.82, 2.24) is 4.90 Å². The lowest BCUT2D eigenvalue weighted by atomic mass is 9.80. The van der Waals surface area contributed by atoms with Gasteiger partial charge in [0.2, 0.25) is 0 Å². The number of rotatable bonds is 6. The first-order valence-electron chi connectivity index (χ1n) is 11.5. The molecule has 0 spiro atoms. The van der Waals surface area contributed by atoms with Crippen molar-refractivity contribution in [3.63, 3.8) is 0 Å². The number of benzene rings is 1. The summed E-state index contributed by atoms with van der Waals surface area (Å²) in [5.74, 6) is 1.37. The highest BCUT2D eigenvalue weighted by Gasteiger charge is 2.43. The Balaban J connectivity index is 1.54. The summed E-state index contributed by atoms with van der Waals surface area (Å²) < 4.78 is 6.53. The van der Waals surface area contributed by atoms with Gasteiger partial charge in [-0.1, -0.05) is 44.5 Å². The molecule has 1 aliphatic carbocycles. The first-order valence-corrected chi connectivity index (χ1v) is 14.7. The molecule has 2 aliphatic rings. The molecule has 1 aromatic rings. The van der Waals surface area contributed by atoms with Gasteiger partial charge in [-0.3, -0.25) is 4.90 Å². The van der Waals surface area contributed by atoms with E-state index in [0.717, 1.165) is 17.4 Å². The van der Waals surface area contributed by atoms with Crippen LogP contribution in [0.15, 0.2) is 24.3 Å². The van der Waals surface area contributed by atoms with Crippen LogP contribution in [-0.2, 0) is 10.8 Å². The number of nitrogens with two attached hydrogens (primary N) is 1. The number of piperidine rings is 1. The fourth-order valence-corrected chi connectivity index (χ4v) is 6.86. The van der Waals surface area contributed by atoms with Crippen molar-refractivity contribution < 1.29 is 4.43 Å². The fraction of sp³-hybridized carbons (Fsp3) is 0.750. The van der Waals surface area contributed by atoms with Gasteiger partial charge in [-0.2, -0.15) is 0 Å². The molecule has 1 saturated heterocycles. The summed E-state index contributed by atoms with van der Waals surface area (Å²) in [6.07, 6.45) is 6.37. The van der Waals surface area contributed by atoms with E-state index < -0.39 is 9.04 Å². The van der Waals surface area contributed by atoms with Crippen molar-refractivity contribution in [3.8, 4) is 0 Å². The molecule has 0 aromatic heterocycles. The molecule has 29 heavy (non-hydrogen) atoms. The van der Waals surface area contributed by atoms with Crippen LogP contribution in [0.5, 0.6) is 0 Å². The second kappa shape index (κ2) is 9.82. The van der Waals surface area contributed by atoms with Gasteiger partial charge in [0.1, 0.15) is 0 Å². The second-order valence-electron chi connectivity index (χ2n) is 10.7. The van der Waals surface area contributed by atoms with Gasteiger partial charge < -0.3 is 10.2 Å². The molecule has 1 saturated carbocycles. The molecule has 4 atom stereocenters. The van der Waals surface area contributed by atoms with E-state index in [0.29, 0.717) is 18.1 Å². The molecule has 1 unspecified atom stereocenters. The Morgan fingerprint density at radius 2 is 1.76 bits per heavy atom. The minimum atomic E-state index is -1.07. The molecule has 164 valence electrons. The smallest absolute Gasteiger partial charge is 0.171 e. The summed E-state index contributed by atoms with van der Waals surface area (Å²) in [6.45, 7) is 13.9. The average molecular weight is 437 g/mol. The maximum absolute atomic E-state index is 6.69. The van der Waals surface area contributed by atoms with Gasteiger partial charge in [0.05, 0.1) is 6.10 Å². The standard InChI is InChI=1S/C24H41ClN2OSi/c1-24(2,3)23(28-29(4)5)19-15-21(26)22(16-19)27-12-10-18(11-13-27)14-17-6-8-20(25)9-7-17/h6-9,18-19,21-23,29H,10-16,26H2,1-5H3/t19-,21+,22-,23?/m0/s1. The summed E-state index contributed by atoms with van der Waals surface area (Å²) in [5, 5.41) is 0.825. The molecule has 0 radical (unpaired) electrons. The van der Waals surface area contributed by atoms with Gasteiger partial charge >= 0.3 is 0 Å². The maximum atomic E-state index is 6.69. The maximum Gasteiger partial charge on any atom is 0.171 e. The summed E-state index contributed by atoms with van der Waals surface area (Å²) in [7, 11) is -1.07. The molecule has 1 heterocycles. The van der Waals surface area contributed by atoms with Crippen molar-refractivity contribution in [1.29, 1.82) is 0 Å². The van der Waals surface area contributed by atoms with Gasteiger partial charge in [0.25, 0.3) is 0 Å². The normalized spacial score (nSPS) is 28.2. The van der Waals surface area contributed by atoms with Gasteiger partial charge in [-0.15, -0.1) is 0 Å². The number of hydrogen-bond acceptors (Lipinski definition) is 3. The highest BCUT2D eigenvalue weighted by atomic mass is 35.5. The van der Waals surface area contributed by atoms with E-state index in [1.807, 2.05) is 12.1 Å². The van der Waals surface area contributed by atoms with Crippen LogP contribution in [0.4, 0.5) is 0 Å². The van der Waals surface area contributed by atoms with Crippen molar-refractivity contribution in [2.45, 2.75) is 84.2 Å². The number of hydrogen-bond donors (Lipinski definition) is 1. The van der Waals surface area contributed by atoms with Crippen molar-refractivity contribution in [2.75, 3.05) is 13.1 Å². The SMILES string of the molecule is C[SiH](C)OC([C@H]1C[C@@H](N)[C@@H](N2CCC(Cc3ccc(Cl)cc3)CC2)C1)C(C)(C)C. The lowest BCUT2D eigenvalue weighted by Gasteiger charge is -2.39. The summed E-state index contributed by atoms with van der Waals surface area (Å²) in [6, 6.07) is 9.19. The lowest BCUT2D eigenvalue weighted by molar-refractivity contribution is 0.0302. The molecule has 0 amide bonds. The third kappa shape index (κ3) is 6.30.